The first-order chi connectivity index (χ1) is 21.4. The lowest BCUT2D eigenvalue weighted by Gasteiger charge is -2.35. The number of sulfonamides is 1. The van der Waals surface area contributed by atoms with Gasteiger partial charge in [0.1, 0.15) is 18.3 Å². The number of anilines is 1. The maximum Gasteiger partial charge on any atom is 0.264 e. The summed E-state index contributed by atoms with van der Waals surface area (Å²) in [5.41, 5.74) is 2.10. The Bertz CT molecular complexity index is 1700. The minimum absolute atomic E-state index is 0.0537. The Balaban J connectivity index is 1.83. The molecule has 0 aromatic heterocycles. The molecule has 0 saturated carbocycles. The highest BCUT2D eigenvalue weighted by Crippen LogP contribution is 2.28. The van der Waals surface area contributed by atoms with Crippen LogP contribution in [0.2, 0.25) is 0 Å². The molecule has 0 fully saturated rings. The highest BCUT2D eigenvalue weighted by molar-refractivity contribution is 7.92. The molecule has 0 spiro atoms. The lowest BCUT2D eigenvalue weighted by Crippen LogP contribution is -2.56. The van der Waals surface area contributed by atoms with Gasteiger partial charge in [-0.1, -0.05) is 78.9 Å². The van der Waals surface area contributed by atoms with Crippen LogP contribution in [0.25, 0.3) is 0 Å². The van der Waals surface area contributed by atoms with Gasteiger partial charge in [0, 0.05) is 18.5 Å². The van der Waals surface area contributed by atoms with Gasteiger partial charge in [-0.25, -0.2) is 8.42 Å². The fourth-order valence-corrected chi connectivity index (χ4v) is 6.55. The van der Waals surface area contributed by atoms with Gasteiger partial charge in [0.25, 0.3) is 10.0 Å². The van der Waals surface area contributed by atoms with Crippen LogP contribution < -0.4 is 14.4 Å². The molecule has 45 heavy (non-hydrogen) atoms. The van der Waals surface area contributed by atoms with Crippen molar-refractivity contribution in [3.8, 4) is 5.75 Å². The molecule has 8 nitrogen and oxygen atoms in total. The highest BCUT2D eigenvalue weighted by Gasteiger charge is 2.36. The number of nitrogens with zero attached hydrogens (tertiary/aromatic N) is 2. The third kappa shape index (κ3) is 8.73. The Morgan fingerprint density at radius 2 is 1.42 bits per heavy atom. The molecule has 4 aromatic rings. The second-order valence-electron chi connectivity index (χ2n) is 11.9. The van der Waals surface area contributed by atoms with Crippen molar-refractivity contribution in [1.82, 2.24) is 10.2 Å². The molecule has 4 rings (SSSR count). The first-order valence-corrected chi connectivity index (χ1v) is 16.2. The quantitative estimate of drug-likeness (QED) is 0.216. The van der Waals surface area contributed by atoms with Gasteiger partial charge in [0.05, 0.1) is 17.7 Å². The number of methoxy groups -OCH3 is 1. The topological polar surface area (TPSA) is 96.0 Å². The molecule has 1 N–H and O–H groups in total. The van der Waals surface area contributed by atoms with Crippen molar-refractivity contribution in [1.29, 1.82) is 0 Å². The van der Waals surface area contributed by atoms with E-state index >= 15 is 0 Å². The Morgan fingerprint density at radius 1 is 0.822 bits per heavy atom. The average molecular weight is 628 g/mol. The molecule has 0 saturated heterocycles. The van der Waals surface area contributed by atoms with Crippen LogP contribution in [-0.4, -0.2) is 50.4 Å². The highest BCUT2D eigenvalue weighted by atomic mass is 32.2. The number of benzene rings is 4. The summed E-state index contributed by atoms with van der Waals surface area (Å²) in [5.74, 6) is -0.256. The fraction of sp³-hybridized carbons (Fsp3) is 0.278. The van der Waals surface area contributed by atoms with Crippen LogP contribution >= 0.6 is 0 Å². The summed E-state index contributed by atoms with van der Waals surface area (Å²) >= 11 is 0. The first kappa shape index (κ1) is 33.3. The zero-order valence-corrected chi connectivity index (χ0v) is 27.3. The first-order valence-electron chi connectivity index (χ1n) is 14.8. The Kier molecular flexibility index (Phi) is 10.7. The largest absolute Gasteiger partial charge is 0.497 e. The number of hydrogen-bond acceptors (Lipinski definition) is 5. The average Bonchev–Trinajstić information content (AvgIpc) is 3.02. The summed E-state index contributed by atoms with van der Waals surface area (Å²) in [5, 5.41) is 3.04. The summed E-state index contributed by atoms with van der Waals surface area (Å²) in [6, 6.07) is 30.9. The molecule has 0 bridgehead atoms. The van der Waals surface area contributed by atoms with Gasteiger partial charge in [-0.3, -0.25) is 13.9 Å². The van der Waals surface area contributed by atoms with Gasteiger partial charge in [-0.15, -0.1) is 0 Å². The molecular formula is C36H41N3O5S. The van der Waals surface area contributed by atoms with Crippen molar-refractivity contribution in [2.45, 2.75) is 57.1 Å². The van der Waals surface area contributed by atoms with Crippen LogP contribution in [-0.2, 0) is 32.6 Å². The van der Waals surface area contributed by atoms with Gasteiger partial charge in [-0.2, -0.15) is 0 Å². The number of carbonyl (C=O) groups excluding carboxylic acids is 2. The van der Waals surface area contributed by atoms with E-state index in [0.717, 1.165) is 15.4 Å². The summed E-state index contributed by atoms with van der Waals surface area (Å²) in [7, 11) is -2.60. The normalized spacial score (nSPS) is 12.2. The Morgan fingerprint density at radius 3 is 2.04 bits per heavy atom. The lowest BCUT2D eigenvalue weighted by molar-refractivity contribution is -0.140. The summed E-state index contributed by atoms with van der Waals surface area (Å²) in [6.45, 7) is 6.98. The van der Waals surface area contributed by atoms with E-state index in [1.807, 2.05) is 69.3 Å². The van der Waals surface area contributed by atoms with E-state index in [-0.39, 0.29) is 23.8 Å². The summed E-state index contributed by atoms with van der Waals surface area (Å²) < 4.78 is 34.8. The molecular weight excluding hydrogens is 586 g/mol. The van der Waals surface area contributed by atoms with Crippen molar-refractivity contribution in [3.05, 3.63) is 126 Å². The predicted molar refractivity (Wildman–Crippen MR) is 178 cm³/mol. The van der Waals surface area contributed by atoms with Crippen LogP contribution in [0.3, 0.4) is 0 Å². The van der Waals surface area contributed by atoms with Crippen molar-refractivity contribution < 1.29 is 22.7 Å². The van der Waals surface area contributed by atoms with E-state index in [2.05, 4.69) is 5.32 Å². The van der Waals surface area contributed by atoms with Gasteiger partial charge >= 0.3 is 0 Å². The van der Waals surface area contributed by atoms with Gasteiger partial charge < -0.3 is 15.0 Å². The molecule has 9 heteroatoms. The lowest BCUT2D eigenvalue weighted by atomic mass is 10.0. The SMILES string of the molecule is COc1cccc(CN(C(=O)CN(c2ccccc2C)S(=O)(=O)c2ccccc2)[C@H](Cc2ccccc2)C(=O)NC(C)(C)C)c1. The van der Waals surface area contributed by atoms with Gasteiger partial charge in [0.15, 0.2) is 0 Å². The number of hydrogen-bond donors (Lipinski definition) is 1. The maximum atomic E-state index is 14.6. The second-order valence-corrected chi connectivity index (χ2v) is 13.8. The van der Waals surface area contributed by atoms with Gasteiger partial charge in [0.2, 0.25) is 11.8 Å². The number of rotatable bonds is 12. The fourth-order valence-electron chi connectivity index (χ4n) is 5.05. The molecule has 0 aliphatic heterocycles. The van der Waals surface area contributed by atoms with E-state index in [4.69, 9.17) is 4.74 Å². The maximum absolute atomic E-state index is 14.6. The zero-order chi connectivity index (χ0) is 32.6. The molecule has 236 valence electrons. The number of aryl methyl sites for hydroxylation is 1. The monoisotopic (exact) mass is 627 g/mol. The van der Waals surface area contributed by atoms with E-state index in [1.54, 1.807) is 62.6 Å². The van der Waals surface area contributed by atoms with Gasteiger partial charge in [-0.05, 0) is 74.7 Å². The van der Waals surface area contributed by atoms with Crippen molar-refractivity contribution in [2.75, 3.05) is 18.0 Å². The number of amides is 2. The standard InChI is InChI=1S/C36H41N3O5S/c1-27-15-12-13-22-32(27)39(45(42,43)31-20-10-7-11-21-31)26-34(40)38(25-29-18-14-19-30(23-29)44-5)33(35(41)37-36(2,3)4)24-28-16-8-6-9-17-28/h6-23,33H,24-26H2,1-5H3,(H,37,41)/t33-/m1/s1. The molecule has 0 radical (unpaired) electrons. The number of para-hydroxylation sites is 1. The zero-order valence-electron chi connectivity index (χ0n) is 26.4. The van der Waals surface area contributed by atoms with E-state index < -0.39 is 34.1 Å². The van der Waals surface area contributed by atoms with Crippen LogP contribution in [0.15, 0.2) is 114 Å². The smallest absolute Gasteiger partial charge is 0.264 e. The summed E-state index contributed by atoms with van der Waals surface area (Å²) in [4.78, 5) is 30.1. The third-order valence-electron chi connectivity index (χ3n) is 7.25. The second kappa shape index (κ2) is 14.4. The molecule has 0 aliphatic rings. The third-order valence-corrected chi connectivity index (χ3v) is 9.02. The molecule has 0 aliphatic carbocycles. The van der Waals surface area contributed by atoms with Crippen molar-refractivity contribution in [3.63, 3.8) is 0 Å². The molecule has 0 unspecified atom stereocenters. The van der Waals surface area contributed by atoms with E-state index in [1.165, 1.54) is 17.0 Å². The Labute approximate surface area is 266 Å². The molecule has 1 atom stereocenters. The minimum atomic E-state index is -4.16. The van der Waals surface area contributed by atoms with E-state index in [9.17, 15) is 18.0 Å². The van der Waals surface area contributed by atoms with Crippen molar-refractivity contribution >= 4 is 27.5 Å². The van der Waals surface area contributed by atoms with E-state index in [0.29, 0.717) is 17.0 Å². The van der Waals surface area contributed by atoms with Crippen LogP contribution in [0.5, 0.6) is 5.75 Å². The number of nitrogens with one attached hydrogen (secondary N) is 1. The molecule has 4 aromatic carbocycles. The number of ether oxygens (including phenoxy) is 1. The predicted octanol–water partition coefficient (Wildman–Crippen LogP) is 5.75. The Hall–Kier alpha value is -4.63. The molecule has 2 amide bonds. The molecule has 0 heterocycles. The minimum Gasteiger partial charge on any atom is -0.497 e. The van der Waals surface area contributed by atoms with Crippen LogP contribution in [0.1, 0.15) is 37.5 Å². The van der Waals surface area contributed by atoms with Crippen LogP contribution in [0.4, 0.5) is 5.69 Å². The number of carbonyl (C=O) groups is 2. The van der Waals surface area contributed by atoms with Crippen LogP contribution in [0, 0.1) is 6.92 Å². The van der Waals surface area contributed by atoms with Crippen molar-refractivity contribution in [2.24, 2.45) is 0 Å². The summed E-state index contributed by atoms with van der Waals surface area (Å²) in [6.07, 6.45) is 0.230.